The van der Waals surface area contributed by atoms with Gasteiger partial charge in [0.1, 0.15) is 6.04 Å². The molecule has 4 amide bonds. The van der Waals surface area contributed by atoms with Crippen LogP contribution in [-0.4, -0.2) is 68.9 Å². The summed E-state index contributed by atoms with van der Waals surface area (Å²) in [7, 11) is 1.92. The lowest BCUT2D eigenvalue weighted by atomic mass is 10.0. The molecule has 3 aliphatic rings. The second kappa shape index (κ2) is 7.95. The highest BCUT2D eigenvalue weighted by molar-refractivity contribution is 6.23. The van der Waals surface area contributed by atoms with Crippen LogP contribution in [0.1, 0.15) is 50.9 Å². The number of nitrogens with one attached hydrogen (secondary N) is 2. The van der Waals surface area contributed by atoms with E-state index in [4.69, 9.17) is 0 Å². The summed E-state index contributed by atoms with van der Waals surface area (Å²) in [5, 5.41) is 9.92. The third kappa shape index (κ3) is 3.41. The van der Waals surface area contributed by atoms with Crippen molar-refractivity contribution in [3.8, 4) is 0 Å². The number of carbonyl (C=O) groups excluding carboxylic acids is 4. The number of rotatable bonds is 4. The molecule has 4 heterocycles. The molecule has 0 bridgehead atoms. The van der Waals surface area contributed by atoms with Gasteiger partial charge in [-0.25, -0.2) is 0 Å². The van der Waals surface area contributed by atoms with Crippen molar-refractivity contribution in [2.24, 2.45) is 7.05 Å². The lowest BCUT2D eigenvalue weighted by Gasteiger charge is -2.36. The largest absolute Gasteiger partial charge is 0.313 e. The molecule has 2 atom stereocenters. The second-order valence-corrected chi connectivity index (χ2v) is 8.40. The predicted octanol–water partition coefficient (Wildman–Crippen LogP) is -0.0322. The third-order valence-electron chi connectivity index (χ3n) is 6.44. The van der Waals surface area contributed by atoms with E-state index >= 15 is 0 Å². The zero-order valence-electron chi connectivity index (χ0n) is 17.7. The van der Waals surface area contributed by atoms with Crippen molar-refractivity contribution in [1.29, 1.82) is 0 Å². The van der Waals surface area contributed by atoms with E-state index in [-0.39, 0.29) is 24.8 Å². The Kier molecular flexibility index (Phi) is 5.10. The fraction of sp³-hybridized carbons (Fsp3) is 0.409. The van der Waals surface area contributed by atoms with Crippen LogP contribution in [0.5, 0.6) is 0 Å². The number of hydrogen-bond acceptors (Lipinski definition) is 7. The predicted molar refractivity (Wildman–Crippen MR) is 112 cm³/mol. The molecule has 10 heteroatoms. The van der Waals surface area contributed by atoms with Crippen molar-refractivity contribution in [2.75, 3.05) is 19.6 Å². The van der Waals surface area contributed by atoms with Crippen LogP contribution in [0, 0.1) is 0 Å². The number of benzene rings is 1. The minimum atomic E-state index is -0.953. The molecule has 2 saturated heterocycles. The number of carbonyl (C=O) groups is 4. The Labute approximate surface area is 184 Å². The van der Waals surface area contributed by atoms with Gasteiger partial charge >= 0.3 is 0 Å². The highest BCUT2D eigenvalue weighted by Crippen LogP contribution is 2.30. The summed E-state index contributed by atoms with van der Waals surface area (Å²) in [5.74, 6) is -1.95. The zero-order chi connectivity index (χ0) is 22.4. The van der Waals surface area contributed by atoms with Crippen LogP contribution in [0.4, 0.5) is 0 Å². The van der Waals surface area contributed by atoms with Crippen LogP contribution >= 0.6 is 0 Å². The van der Waals surface area contributed by atoms with E-state index in [0.717, 1.165) is 35.8 Å². The number of piperazine rings is 1. The summed E-state index contributed by atoms with van der Waals surface area (Å²) in [6, 6.07) is 6.47. The minimum absolute atomic E-state index is 0.105. The van der Waals surface area contributed by atoms with Gasteiger partial charge in [-0.15, -0.1) is 0 Å². The number of amides is 4. The molecule has 32 heavy (non-hydrogen) atoms. The summed E-state index contributed by atoms with van der Waals surface area (Å²) in [6.45, 7) is 3.11. The zero-order valence-corrected chi connectivity index (χ0v) is 17.7. The number of aryl methyl sites for hydroxylation is 1. The Hall–Kier alpha value is -3.37. The van der Waals surface area contributed by atoms with E-state index in [0.29, 0.717) is 17.7 Å². The normalized spacial score (nSPS) is 24.1. The van der Waals surface area contributed by atoms with Crippen molar-refractivity contribution < 1.29 is 19.2 Å². The van der Waals surface area contributed by atoms with E-state index < -0.39 is 23.8 Å². The first-order valence-electron chi connectivity index (χ1n) is 10.7. The Morgan fingerprint density at radius 2 is 1.88 bits per heavy atom. The fourth-order valence-electron chi connectivity index (χ4n) is 4.79. The van der Waals surface area contributed by atoms with Gasteiger partial charge in [0.25, 0.3) is 11.8 Å². The van der Waals surface area contributed by atoms with E-state index in [1.807, 2.05) is 23.9 Å². The molecule has 2 aromatic rings. The first-order chi connectivity index (χ1) is 15.4. The van der Waals surface area contributed by atoms with Crippen LogP contribution in [0.2, 0.25) is 0 Å². The van der Waals surface area contributed by atoms with Gasteiger partial charge in [0.05, 0.1) is 22.9 Å². The van der Waals surface area contributed by atoms with Gasteiger partial charge in [-0.05, 0) is 30.2 Å². The van der Waals surface area contributed by atoms with Gasteiger partial charge in [-0.1, -0.05) is 6.07 Å². The first kappa shape index (κ1) is 20.5. The van der Waals surface area contributed by atoms with E-state index in [9.17, 15) is 19.2 Å². The molecule has 0 radical (unpaired) electrons. The van der Waals surface area contributed by atoms with Crippen molar-refractivity contribution in [1.82, 2.24) is 30.2 Å². The molecule has 1 aromatic carbocycles. The second-order valence-electron chi connectivity index (χ2n) is 8.40. The van der Waals surface area contributed by atoms with E-state index in [1.54, 1.807) is 18.3 Å². The number of aromatic nitrogens is 2. The first-order valence-corrected chi connectivity index (χ1v) is 10.7. The van der Waals surface area contributed by atoms with Crippen LogP contribution in [-0.2, 0) is 23.2 Å². The van der Waals surface area contributed by atoms with Crippen LogP contribution < -0.4 is 10.6 Å². The van der Waals surface area contributed by atoms with Crippen LogP contribution in [0.3, 0.4) is 0 Å². The lowest BCUT2D eigenvalue weighted by Crippen LogP contribution is -2.54. The highest BCUT2D eigenvalue weighted by atomic mass is 16.2. The molecular formula is C22H24N6O4. The summed E-state index contributed by atoms with van der Waals surface area (Å²) >= 11 is 0. The van der Waals surface area contributed by atoms with Crippen molar-refractivity contribution >= 4 is 23.6 Å². The Morgan fingerprint density at radius 1 is 1.06 bits per heavy atom. The van der Waals surface area contributed by atoms with Gasteiger partial charge in [-0.3, -0.25) is 39.0 Å². The van der Waals surface area contributed by atoms with Crippen molar-refractivity contribution in [3.05, 3.63) is 52.8 Å². The van der Waals surface area contributed by atoms with Gasteiger partial charge in [0.15, 0.2) is 0 Å². The number of nitrogens with zero attached hydrogens (tertiary/aromatic N) is 4. The Balaban J connectivity index is 1.38. The molecule has 0 spiro atoms. The SMILES string of the molecule is Cn1nccc1C1CNCCN1Cc1ccc2c(c1)C(=O)N(C1CCC(=O)NC1=O)C2=O. The number of fused-ring (bicyclic) bond motifs is 1. The average molecular weight is 436 g/mol. The minimum Gasteiger partial charge on any atom is -0.313 e. The maximum atomic E-state index is 13.1. The lowest BCUT2D eigenvalue weighted by molar-refractivity contribution is -0.136. The van der Waals surface area contributed by atoms with Crippen LogP contribution in [0.25, 0.3) is 0 Å². The summed E-state index contributed by atoms with van der Waals surface area (Å²) in [5.41, 5.74) is 2.63. The molecular weight excluding hydrogens is 412 g/mol. The van der Waals surface area contributed by atoms with E-state index in [1.165, 1.54) is 0 Å². The Bertz CT molecular complexity index is 1130. The molecule has 5 rings (SSSR count). The summed E-state index contributed by atoms with van der Waals surface area (Å²) in [4.78, 5) is 53.0. The molecule has 2 N–H and O–H groups in total. The monoisotopic (exact) mass is 436 g/mol. The summed E-state index contributed by atoms with van der Waals surface area (Å²) in [6.07, 6.45) is 2.04. The Morgan fingerprint density at radius 3 is 2.62 bits per heavy atom. The van der Waals surface area contributed by atoms with Crippen LogP contribution in [0.15, 0.2) is 30.5 Å². The van der Waals surface area contributed by atoms with E-state index in [2.05, 4.69) is 20.6 Å². The molecule has 0 saturated carbocycles. The smallest absolute Gasteiger partial charge is 0.262 e. The third-order valence-corrected chi connectivity index (χ3v) is 6.44. The number of piperidine rings is 1. The average Bonchev–Trinajstić information content (AvgIpc) is 3.30. The number of hydrogen-bond donors (Lipinski definition) is 2. The topological polar surface area (TPSA) is 117 Å². The standard InChI is InChI=1S/C22H24N6O4/c1-26-16(6-7-24-26)18-11-23-8-9-27(18)12-13-2-3-14-15(10-13)22(32)28(21(14)31)17-4-5-19(29)25-20(17)30/h2-3,6-7,10,17-18,23H,4-5,8-9,11-12H2,1H3,(H,25,29,30). The molecule has 1 aromatic heterocycles. The quantitative estimate of drug-likeness (QED) is 0.647. The molecule has 2 fully saturated rings. The maximum Gasteiger partial charge on any atom is 0.262 e. The fourth-order valence-corrected chi connectivity index (χ4v) is 4.79. The molecule has 3 aliphatic heterocycles. The maximum absolute atomic E-state index is 13.1. The molecule has 0 aliphatic carbocycles. The number of imide groups is 2. The van der Waals surface area contributed by atoms with Crippen molar-refractivity contribution in [2.45, 2.75) is 31.5 Å². The summed E-state index contributed by atoms with van der Waals surface area (Å²) < 4.78 is 1.87. The molecule has 2 unspecified atom stereocenters. The van der Waals surface area contributed by atoms with Gasteiger partial charge in [-0.2, -0.15) is 5.10 Å². The van der Waals surface area contributed by atoms with Gasteiger partial charge in [0, 0.05) is 45.8 Å². The van der Waals surface area contributed by atoms with Gasteiger partial charge in [0.2, 0.25) is 11.8 Å². The molecule has 166 valence electrons. The van der Waals surface area contributed by atoms with Crippen molar-refractivity contribution in [3.63, 3.8) is 0 Å². The molecule has 10 nitrogen and oxygen atoms in total. The van der Waals surface area contributed by atoms with Gasteiger partial charge < -0.3 is 5.32 Å². The highest BCUT2D eigenvalue weighted by Gasteiger charge is 2.44.